The second kappa shape index (κ2) is 7.40. The van der Waals surface area contributed by atoms with Crippen LogP contribution in [0.3, 0.4) is 0 Å². The van der Waals surface area contributed by atoms with E-state index in [0.29, 0.717) is 18.8 Å². The van der Waals surface area contributed by atoms with Crippen LogP contribution < -0.4 is 0 Å². The average molecular weight is 271 g/mol. The minimum atomic E-state index is -0.908. The molecule has 4 heteroatoms. The molecule has 1 heterocycles. The summed E-state index contributed by atoms with van der Waals surface area (Å²) in [6, 6.07) is 10.8. The second-order valence-corrected chi connectivity index (χ2v) is 4.51. The van der Waals surface area contributed by atoms with Crippen LogP contribution in [0.15, 0.2) is 48.8 Å². The molecule has 1 N–H and O–H groups in total. The highest BCUT2D eigenvalue weighted by molar-refractivity contribution is 5.87. The van der Waals surface area contributed by atoms with Crippen molar-refractivity contribution < 1.29 is 14.6 Å². The summed E-state index contributed by atoms with van der Waals surface area (Å²) in [5.74, 6) is -0.908. The lowest BCUT2D eigenvalue weighted by Crippen LogP contribution is -1.99. The van der Waals surface area contributed by atoms with Crippen molar-refractivity contribution in [1.82, 2.24) is 4.98 Å². The predicted molar refractivity (Wildman–Crippen MR) is 75.6 cm³/mol. The topological polar surface area (TPSA) is 59.4 Å². The normalized spacial score (nSPS) is 10.4. The van der Waals surface area contributed by atoms with Crippen LogP contribution in [0.5, 0.6) is 0 Å². The molecule has 0 radical (unpaired) electrons. The van der Waals surface area contributed by atoms with Crippen LogP contribution in [0, 0.1) is 0 Å². The quantitative estimate of drug-likeness (QED) is 0.787. The van der Waals surface area contributed by atoms with Crippen molar-refractivity contribution in [2.24, 2.45) is 0 Å². The Morgan fingerprint density at radius 2 is 1.75 bits per heavy atom. The van der Waals surface area contributed by atoms with Crippen LogP contribution in [-0.4, -0.2) is 22.7 Å². The largest absolute Gasteiger partial charge is 0.478 e. The van der Waals surface area contributed by atoms with Gasteiger partial charge in [-0.2, -0.15) is 0 Å². The van der Waals surface area contributed by atoms with Crippen molar-refractivity contribution in [2.45, 2.75) is 19.4 Å². The Hall–Kier alpha value is -2.20. The molecule has 0 saturated heterocycles. The van der Waals surface area contributed by atoms with Gasteiger partial charge in [-0.25, -0.2) is 4.79 Å². The van der Waals surface area contributed by atoms with Crippen LogP contribution >= 0.6 is 0 Å². The van der Waals surface area contributed by atoms with E-state index in [1.165, 1.54) is 5.56 Å². The number of carboxylic acids is 1. The number of benzene rings is 1. The lowest BCUT2D eigenvalue weighted by atomic mass is 10.1. The summed E-state index contributed by atoms with van der Waals surface area (Å²) in [4.78, 5) is 14.7. The van der Waals surface area contributed by atoms with Gasteiger partial charge in [0.2, 0.25) is 0 Å². The molecule has 0 unspecified atom stereocenters. The SMILES string of the molecule is O=C(O)c1ccc(COCCCc2ccncc2)cc1. The summed E-state index contributed by atoms with van der Waals surface area (Å²) in [5.41, 5.74) is 2.54. The Balaban J connectivity index is 1.67. The van der Waals surface area contributed by atoms with Crippen LogP contribution in [-0.2, 0) is 17.8 Å². The van der Waals surface area contributed by atoms with Crippen LogP contribution in [0.2, 0.25) is 0 Å². The van der Waals surface area contributed by atoms with Crippen molar-refractivity contribution >= 4 is 5.97 Å². The molecule has 2 aromatic rings. The van der Waals surface area contributed by atoms with Crippen molar-refractivity contribution in [1.29, 1.82) is 0 Å². The number of carboxylic acid groups (broad SMARTS) is 1. The molecule has 2 rings (SSSR count). The Bertz CT molecular complexity index is 537. The standard InChI is InChI=1S/C16H17NO3/c18-16(19)15-5-3-14(4-6-15)12-20-11-1-2-13-7-9-17-10-8-13/h3-10H,1-2,11-12H2,(H,18,19). The van der Waals surface area contributed by atoms with Gasteiger partial charge in [0, 0.05) is 19.0 Å². The van der Waals surface area contributed by atoms with E-state index in [0.717, 1.165) is 18.4 Å². The maximum absolute atomic E-state index is 10.7. The fourth-order valence-electron chi connectivity index (χ4n) is 1.86. The number of aryl methyl sites for hydroxylation is 1. The number of hydrogen-bond acceptors (Lipinski definition) is 3. The first kappa shape index (κ1) is 14.2. The highest BCUT2D eigenvalue weighted by Gasteiger charge is 2.01. The Kier molecular flexibility index (Phi) is 5.26. The average Bonchev–Trinajstić information content (AvgIpc) is 2.48. The molecule has 0 aliphatic carbocycles. The van der Waals surface area contributed by atoms with E-state index < -0.39 is 5.97 Å². The van der Waals surface area contributed by atoms with Gasteiger partial charge < -0.3 is 9.84 Å². The molecule has 0 fully saturated rings. The van der Waals surface area contributed by atoms with Gasteiger partial charge in [0.25, 0.3) is 0 Å². The first-order valence-electron chi connectivity index (χ1n) is 6.54. The maximum Gasteiger partial charge on any atom is 0.335 e. The first-order chi connectivity index (χ1) is 9.75. The highest BCUT2D eigenvalue weighted by atomic mass is 16.5. The van der Waals surface area contributed by atoms with E-state index in [1.807, 2.05) is 12.1 Å². The first-order valence-corrected chi connectivity index (χ1v) is 6.54. The second-order valence-electron chi connectivity index (χ2n) is 4.51. The zero-order valence-electron chi connectivity index (χ0n) is 11.2. The third kappa shape index (κ3) is 4.48. The van der Waals surface area contributed by atoms with E-state index in [2.05, 4.69) is 4.98 Å². The highest BCUT2D eigenvalue weighted by Crippen LogP contribution is 2.07. The van der Waals surface area contributed by atoms with Crippen LogP contribution in [0.1, 0.15) is 27.9 Å². The number of aromatic carboxylic acids is 1. The molecule has 0 saturated carbocycles. The molecule has 0 spiro atoms. The van der Waals surface area contributed by atoms with Crippen LogP contribution in [0.4, 0.5) is 0 Å². The molecule has 1 aromatic carbocycles. The lowest BCUT2D eigenvalue weighted by Gasteiger charge is -2.05. The summed E-state index contributed by atoms with van der Waals surface area (Å²) in [6.45, 7) is 1.19. The molecular weight excluding hydrogens is 254 g/mol. The lowest BCUT2D eigenvalue weighted by molar-refractivity contribution is 0.0696. The third-order valence-corrected chi connectivity index (χ3v) is 2.97. The molecule has 104 valence electrons. The molecule has 0 aliphatic rings. The number of ether oxygens (including phenoxy) is 1. The fraction of sp³-hybridized carbons (Fsp3) is 0.250. The molecule has 0 aliphatic heterocycles. The van der Waals surface area contributed by atoms with Gasteiger partial charge in [0.15, 0.2) is 0 Å². The van der Waals surface area contributed by atoms with Crippen molar-refractivity contribution in [3.05, 3.63) is 65.5 Å². The Morgan fingerprint density at radius 3 is 2.40 bits per heavy atom. The summed E-state index contributed by atoms with van der Waals surface area (Å²) in [5, 5.41) is 8.79. The predicted octanol–water partition coefficient (Wildman–Crippen LogP) is 2.93. The number of carbonyl (C=O) groups is 1. The zero-order valence-corrected chi connectivity index (χ0v) is 11.2. The van der Waals surface area contributed by atoms with Gasteiger partial charge in [0.05, 0.1) is 12.2 Å². The molecule has 0 amide bonds. The van der Waals surface area contributed by atoms with Gasteiger partial charge >= 0.3 is 5.97 Å². The molecular formula is C16H17NO3. The number of nitrogens with zero attached hydrogens (tertiary/aromatic N) is 1. The molecule has 0 bridgehead atoms. The minimum Gasteiger partial charge on any atom is -0.478 e. The van der Waals surface area contributed by atoms with Crippen molar-refractivity contribution in [3.63, 3.8) is 0 Å². The number of aromatic nitrogens is 1. The van der Waals surface area contributed by atoms with Gasteiger partial charge in [-0.15, -0.1) is 0 Å². The summed E-state index contributed by atoms with van der Waals surface area (Å²) in [6.07, 6.45) is 5.51. The van der Waals surface area contributed by atoms with Gasteiger partial charge in [-0.1, -0.05) is 12.1 Å². The monoisotopic (exact) mass is 271 g/mol. The van der Waals surface area contributed by atoms with Crippen molar-refractivity contribution in [3.8, 4) is 0 Å². The third-order valence-electron chi connectivity index (χ3n) is 2.97. The number of pyridine rings is 1. The Labute approximate surface area is 118 Å². The summed E-state index contributed by atoms with van der Waals surface area (Å²) >= 11 is 0. The van der Waals surface area contributed by atoms with Gasteiger partial charge in [0.1, 0.15) is 0 Å². The smallest absolute Gasteiger partial charge is 0.335 e. The van der Waals surface area contributed by atoms with Crippen molar-refractivity contribution in [2.75, 3.05) is 6.61 Å². The number of rotatable bonds is 7. The van der Waals surface area contributed by atoms with E-state index in [9.17, 15) is 4.79 Å². The van der Waals surface area contributed by atoms with E-state index in [4.69, 9.17) is 9.84 Å². The zero-order chi connectivity index (χ0) is 14.2. The van der Waals surface area contributed by atoms with Gasteiger partial charge in [-0.3, -0.25) is 4.98 Å². The fourth-order valence-corrected chi connectivity index (χ4v) is 1.86. The summed E-state index contributed by atoms with van der Waals surface area (Å²) in [7, 11) is 0. The molecule has 20 heavy (non-hydrogen) atoms. The van der Waals surface area contributed by atoms with E-state index in [1.54, 1.807) is 36.7 Å². The van der Waals surface area contributed by atoms with Crippen LogP contribution in [0.25, 0.3) is 0 Å². The number of hydrogen-bond donors (Lipinski definition) is 1. The molecule has 0 atom stereocenters. The van der Waals surface area contributed by atoms with E-state index in [-0.39, 0.29) is 0 Å². The molecule has 1 aromatic heterocycles. The Morgan fingerprint density at radius 1 is 1.05 bits per heavy atom. The summed E-state index contributed by atoms with van der Waals surface area (Å²) < 4.78 is 5.58. The minimum absolute atomic E-state index is 0.298. The van der Waals surface area contributed by atoms with Gasteiger partial charge in [-0.05, 0) is 48.2 Å². The molecule has 4 nitrogen and oxygen atoms in total. The van der Waals surface area contributed by atoms with E-state index >= 15 is 0 Å². The maximum atomic E-state index is 10.7.